The molecular weight excluding hydrogens is 577 g/mol. The lowest BCUT2D eigenvalue weighted by atomic mass is 10.2. The molecule has 5 atom stereocenters. The molecule has 18 heteroatoms. The van der Waals surface area contributed by atoms with Crippen molar-refractivity contribution in [1.82, 2.24) is 9.55 Å². The fraction of sp³-hybridized carbons (Fsp3) is 0.444. The molecule has 202 valence electrons. The Morgan fingerprint density at radius 1 is 1.06 bits per heavy atom. The lowest BCUT2D eigenvalue weighted by Crippen LogP contribution is -2.42. The van der Waals surface area contributed by atoms with Crippen LogP contribution in [0.15, 0.2) is 46.1 Å². The number of H-pyrrole nitrogens is 1. The Morgan fingerprint density at radius 3 is 2.36 bits per heavy atom. The summed E-state index contributed by atoms with van der Waals surface area (Å²) in [5, 5.41) is 0. The van der Waals surface area contributed by atoms with Crippen molar-refractivity contribution < 1.29 is 42.2 Å². The van der Waals surface area contributed by atoms with E-state index in [1.54, 1.807) is 6.92 Å². The van der Waals surface area contributed by atoms with Crippen LogP contribution in [0.5, 0.6) is 0 Å². The van der Waals surface area contributed by atoms with Crippen LogP contribution in [0.2, 0.25) is 0 Å². The van der Waals surface area contributed by atoms with Gasteiger partial charge in [-0.05, 0) is 18.7 Å². The summed E-state index contributed by atoms with van der Waals surface area (Å²) in [6, 6.07) is 9.38. The number of hydrogen-bond donors (Lipinski definition) is 5. The second-order valence-electron chi connectivity index (χ2n) is 6.87. The van der Waals surface area contributed by atoms with Crippen LogP contribution in [0.3, 0.4) is 0 Å². The van der Waals surface area contributed by atoms with E-state index in [9.17, 15) is 19.4 Å². The molecule has 0 saturated heterocycles. The molecule has 0 saturated carbocycles. The van der Waals surface area contributed by atoms with Crippen molar-refractivity contribution >= 4 is 47.4 Å². The molecule has 1 aromatic carbocycles. The fourth-order valence-corrected chi connectivity index (χ4v) is 6.29. The molecule has 5 N–H and O–H groups in total. The third-order valence-corrected chi connectivity index (χ3v) is 8.95. The van der Waals surface area contributed by atoms with Crippen LogP contribution >= 0.6 is 47.4 Å². The van der Waals surface area contributed by atoms with E-state index in [0.717, 1.165) is 5.56 Å². The van der Waals surface area contributed by atoms with Gasteiger partial charge in [-0.3, -0.25) is 14.3 Å². The van der Waals surface area contributed by atoms with Gasteiger partial charge in [0.25, 0.3) is 5.56 Å². The summed E-state index contributed by atoms with van der Waals surface area (Å²) in [5.74, 6) is 0. The quantitative estimate of drug-likeness (QED) is 0.107. The van der Waals surface area contributed by atoms with E-state index in [0.29, 0.717) is 5.56 Å². The van der Waals surface area contributed by atoms with Crippen molar-refractivity contribution in [3.05, 3.63) is 68.5 Å². The first-order valence-corrected chi connectivity index (χ1v) is 16.1. The van der Waals surface area contributed by atoms with Crippen LogP contribution in [-0.2, 0) is 29.2 Å². The van der Waals surface area contributed by atoms with E-state index >= 15 is 0 Å². The highest BCUT2D eigenvalue weighted by Crippen LogP contribution is 2.55. The summed E-state index contributed by atoms with van der Waals surface area (Å²) < 4.78 is 27.4. The van der Waals surface area contributed by atoms with Gasteiger partial charge in [0.05, 0.1) is 13.2 Å². The Kier molecular flexibility index (Phi) is 14.5. The number of benzene rings is 1. The van der Waals surface area contributed by atoms with Gasteiger partial charge < -0.3 is 33.6 Å². The Labute approximate surface area is 218 Å². The lowest BCUT2D eigenvalue weighted by molar-refractivity contribution is -0.0885. The van der Waals surface area contributed by atoms with Crippen LogP contribution in [0, 0.1) is 6.92 Å². The molecule has 36 heavy (non-hydrogen) atoms. The molecule has 0 amide bonds. The largest absolute Gasteiger partial charge is 0.376 e. The van der Waals surface area contributed by atoms with Crippen molar-refractivity contribution in [2.24, 2.45) is 0 Å². The zero-order chi connectivity index (χ0) is 26.7. The van der Waals surface area contributed by atoms with Crippen LogP contribution in [-0.4, -0.2) is 61.3 Å². The highest BCUT2D eigenvalue weighted by molar-refractivity contribution is 8.76. The van der Waals surface area contributed by atoms with Crippen LogP contribution in [0.1, 0.15) is 16.6 Å². The predicted octanol–water partition coefficient (Wildman–Crippen LogP) is 2.65. The van der Waals surface area contributed by atoms with Gasteiger partial charge in [0, 0.05) is 18.9 Å². The van der Waals surface area contributed by atoms with Crippen molar-refractivity contribution in [3.8, 4) is 0 Å². The number of nitrogens with zero attached hydrogens (tertiary/aromatic N) is 1. The number of nitrogens with one attached hydrogen (secondary N) is 1. The zero-order valence-corrected chi connectivity index (χ0v) is 23.7. The minimum atomic E-state index is -2.89. The third kappa shape index (κ3) is 10.7. The summed E-state index contributed by atoms with van der Waals surface area (Å²) >= 11 is 0. The number of methoxy groups -OCH3 is 1. The molecule has 0 bridgehead atoms. The molecule has 0 fully saturated rings. The average Bonchev–Trinajstić information content (AvgIpc) is 2.82. The predicted molar refractivity (Wildman–Crippen MR) is 140 cm³/mol. The van der Waals surface area contributed by atoms with Gasteiger partial charge in [-0.1, -0.05) is 51.9 Å². The van der Waals surface area contributed by atoms with Gasteiger partial charge in [-0.2, -0.15) is 0 Å². The molecule has 0 aliphatic carbocycles. The summed E-state index contributed by atoms with van der Waals surface area (Å²) in [4.78, 5) is 63.4. The van der Waals surface area contributed by atoms with Crippen molar-refractivity contribution in [2.75, 3.05) is 20.0 Å². The first-order chi connectivity index (χ1) is 17.1. The maximum atomic E-state index is 12.4. The van der Waals surface area contributed by atoms with Crippen LogP contribution in [0.25, 0.3) is 0 Å². The number of aromatic nitrogens is 2. The standard InChI is InChI=1S/C18H27N2O11P3S2/c1-12-9-20(18(22)19-16(12)21)10-14(29-17(36-35-3)13-7-5-4-6-8-13)15(27-2)11-28-33(25)31-34(26)30-32(23)24/h4-9,14-15,17,23-26H,10-11H2,1-3H3,(H,19,21,22)/t14-,15?,17?,33?,34?/m1/s1. The van der Waals surface area contributed by atoms with E-state index in [2.05, 4.69) is 13.6 Å². The minimum absolute atomic E-state index is 0.0318. The normalized spacial score (nSPS) is 16.0. The molecule has 2 aromatic rings. The third-order valence-electron chi connectivity index (χ3n) is 4.47. The highest BCUT2D eigenvalue weighted by atomic mass is 33.1. The molecule has 0 aliphatic heterocycles. The molecule has 0 radical (unpaired) electrons. The molecule has 2 rings (SSSR count). The van der Waals surface area contributed by atoms with Crippen LogP contribution in [0.4, 0.5) is 0 Å². The number of ether oxygens (including phenoxy) is 2. The van der Waals surface area contributed by atoms with E-state index in [1.165, 1.54) is 39.5 Å². The Bertz CT molecular complexity index is 1030. The maximum Gasteiger partial charge on any atom is 0.344 e. The SMILES string of the molecule is COC(COP(O)OP(O)OP(O)O)[C@@H](Cn1cc(C)c(=O)[nH]c1=O)OC(SSC)c1ccccc1. The zero-order valence-electron chi connectivity index (χ0n) is 19.4. The summed E-state index contributed by atoms with van der Waals surface area (Å²) in [5.41, 5.74) is -0.414. The average molecular weight is 604 g/mol. The van der Waals surface area contributed by atoms with E-state index in [4.69, 9.17) is 23.8 Å². The van der Waals surface area contributed by atoms with Crippen molar-refractivity contribution in [1.29, 1.82) is 0 Å². The van der Waals surface area contributed by atoms with E-state index in [-0.39, 0.29) is 13.2 Å². The van der Waals surface area contributed by atoms with Crippen molar-refractivity contribution in [3.63, 3.8) is 0 Å². The summed E-state index contributed by atoms with van der Waals surface area (Å²) in [6.45, 7) is 1.24. The van der Waals surface area contributed by atoms with Crippen LogP contribution < -0.4 is 11.2 Å². The van der Waals surface area contributed by atoms with E-state index in [1.807, 2.05) is 36.6 Å². The highest BCUT2D eigenvalue weighted by Gasteiger charge is 2.30. The Hall–Kier alpha value is -0.470. The van der Waals surface area contributed by atoms with Gasteiger partial charge in [-0.25, -0.2) is 13.4 Å². The molecule has 13 nitrogen and oxygen atoms in total. The smallest absolute Gasteiger partial charge is 0.344 e. The Balaban J connectivity index is 2.25. The summed E-state index contributed by atoms with van der Waals surface area (Å²) in [6.07, 6.45) is 1.63. The Morgan fingerprint density at radius 2 is 1.75 bits per heavy atom. The second kappa shape index (κ2) is 16.5. The van der Waals surface area contributed by atoms with E-state index < -0.39 is 54.7 Å². The number of aryl methyl sites for hydroxylation is 1. The number of rotatable bonds is 16. The molecule has 1 aromatic heterocycles. The maximum absolute atomic E-state index is 12.4. The van der Waals surface area contributed by atoms with Gasteiger partial charge >= 0.3 is 31.5 Å². The minimum Gasteiger partial charge on any atom is -0.376 e. The van der Waals surface area contributed by atoms with Crippen molar-refractivity contribution in [2.45, 2.75) is 31.1 Å². The monoisotopic (exact) mass is 604 g/mol. The summed E-state index contributed by atoms with van der Waals surface area (Å²) in [7, 11) is -4.05. The molecule has 0 spiro atoms. The lowest BCUT2D eigenvalue weighted by Gasteiger charge is -2.30. The van der Waals surface area contributed by atoms with Gasteiger partial charge in [0.2, 0.25) is 0 Å². The molecular formula is C18H27N2O11P3S2. The molecule has 1 heterocycles. The number of hydrogen-bond acceptors (Lipinski definition) is 13. The first-order valence-electron chi connectivity index (χ1n) is 10.0. The van der Waals surface area contributed by atoms with Gasteiger partial charge in [0.15, 0.2) is 0 Å². The second-order valence-corrected chi connectivity index (χ2v) is 12.4. The molecule has 4 unspecified atom stereocenters. The first kappa shape index (κ1) is 31.7. The van der Waals surface area contributed by atoms with Gasteiger partial charge in [-0.15, -0.1) is 0 Å². The van der Waals surface area contributed by atoms with Gasteiger partial charge in [0.1, 0.15) is 17.6 Å². The number of aromatic amines is 1. The topological polar surface area (TPSA) is 182 Å². The molecule has 0 aliphatic rings. The fourth-order valence-electron chi connectivity index (χ4n) is 2.83.